The monoisotopic (exact) mass is 266 g/mol. The summed E-state index contributed by atoms with van der Waals surface area (Å²) in [5, 5.41) is 0.813. The third kappa shape index (κ3) is 1.02. The highest BCUT2D eigenvalue weighted by molar-refractivity contribution is 6.01. The molecule has 1 aliphatic rings. The molecule has 5 heterocycles. The average Bonchev–Trinajstić information content (AvgIpc) is 3.12. The molecule has 4 aromatic rings. The van der Waals surface area contributed by atoms with Gasteiger partial charge in [0.2, 0.25) is 5.52 Å². The minimum Gasteiger partial charge on any atom is -0.419 e. The van der Waals surface area contributed by atoms with Crippen molar-refractivity contribution in [3.8, 4) is 11.4 Å². The normalized spacial score (nSPS) is 15.9. The molecule has 0 fully saturated rings. The van der Waals surface area contributed by atoms with E-state index < -0.39 is 6.98 Å². The molecule has 5 heteroatoms. The number of furan rings is 1. The average molecular weight is 266 g/mol. The van der Waals surface area contributed by atoms with Crippen LogP contribution in [-0.2, 0) is 13.5 Å². The SMILES string of the molecule is [2H]C([2H])([2H])[n+]1c2n(c3c4cnccc4oc31)Cc1cnccc1-2. The van der Waals surface area contributed by atoms with Gasteiger partial charge in [-0.3, -0.25) is 9.97 Å². The van der Waals surface area contributed by atoms with E-state index >= 15 is 0 Å². The van der Waals surface area contributed by atoms with E-state index in [0.717, 1.165) is 22.0 Å². The van der Waals surface area contributed by atoms with Crippen LogP contribution in [0.2, 0.25) is 0 Å². The predicted octanol–water partition coefficient (Wildman–Crippen LogP) is 2.03. The molecule has 0 saturated heterocycles. The molecule has 5 rings (SSSR count). The Kier molecular flexibility index (Phi) is 1.27. The lowest BCUT2D eigenvalue weighted by atomic mass is 10.2. The van der Waals surface area contributed by atoms with Gasteiger partial charge in [-0.25, -0.2) is 4.57 Å². The van der Waals surface area contributed by atoms with Crippen molar-refractivity contribution in [2.45, 2.75) is 6.54 Å². The first-order chi connectivity index (χ1) is 11.1. The molecular formula is C15H11N4O+. The van der Waals surface area contributed by atoms with Crippen LogP contribution in [0.5, 0.6) is 0 Å². The van der Waals surface area contributed by atoms with Crippen molar-refractivity contribution in [3.05, 3.63) is 42.5 Å². The lowest BCUT2D eigenvalue weighted by Gasteiger charge is -1.93. The molecule has 0 radical (unpaired) electrons. The van der Waals surface area contributed by atoms with Gasteiger partial charge in [0.1, 0.15) is 12.1 Å². The van der Waals surface area contributed by atoms with Crippen LogP contribution in [0.3, 0.4) is 0 Å². The second-order valence-corrected chi connectivity index (χ2v) is 4.91. The van der Waals surface area contributed by atoms with Crippen LogP contribution in [0, 0.1) is 0 Å². The zero-order valence-electron chi connectivity index (χ0n) is 13.4. The van der Waals surface area contributed by atoms with Gasteiger partial charge in [0.05, 0.1) is 22.0 Å². The number of rotatable bonds is 0. The molecule has 0 amide bonds. The van der Waals surface area contributed by atoms with E-state index in [1.54, 1.807) is 30.9 Å². The van der Waals surface area contributed by atoms with Gasteiger partial charge in [0.15, 0.2) is 0 Å². The van der Waals surface area contributed by atoms with Crippen molar-refractivity contribution in [1.29, 1.82) is 0 Å². The van der Waals surface area contributed by atoms with E-state index in [2.05, 4.69) is 9.97 Å². The number of pyridine rings is 2. The maximum absolute atomic E-state index is 7.95. The van der Waals surface area contributed by atoms with E-state index in [1.807, 2.05) is 10.6 Å². The largest absolute Gasteiger partial charge is 0.419 e. The summed E-state index contributed by atoms with van der Waals surface area (Å²) in [6.07, 6.45) is 6.79. The first-order valence-electron chi connectivity index (χ1n) is 7.80. The Hall–Kier alpha value is -2.69. The van der Waals surface area contributed by atoms with Crippen LogP contribution in [0.1, 0.15) is 9.68 Å². The van der Waals surface area contributed by atoms with Crippen molar-refractivity contribution in [3.63, 3.8) is 0 Å². The van der Waals surface area contributed by atoms with Gasteiger partial charge in [-0.2, -0.15) is 4.57 Å². The predicted molar refractivity (Wildman–Crippen MR) is 73.0 cm³/mol. The summed E-state index contributed by atoms with van der Waals surface area (Å²) in [6, 6.07) is 3.59. The molecule has 4 aromatic heterocycles. The molecule has 5 nitrogen and oxygen atoms in total. The van der Waals surface area contributed by atoms with Crippen molar-refractivity contribution in [2.75, 3.05) is 0 Å². The molecule has 0 unspecified atom stereocenters. The summed E-state index contributed by atoms with van der Waals surface area (Å²) in [5.41, 5.74) is 3.62. The summed E-state index contributed by atoms with van der Waals surface area (Å²) < 4.78 is 33.0. The number of aryl methyl sites for hydroxylation is 1. The number of imidazole rings is 1. The van der Waals surface area contributed by atoms with Crippen LogP contribution in [0.4, 0.5) is 0 Å². The maximum Gasteiger partial charge on any atom is 0.339 e. The van der Waals surface area contributed by atoms with Crippen molar-refractivity contribution < 1.29 is 13.1 Å². The zero-order valence-corrected chi connectivity index (χ0v) is 10.4. The Bertz CT molecular complexity index is 1090. The first kappa shape index (κ1) is 7.79. The van der Waals surface area contributed by atoms with Gasteiger partial charge < -0.3 is 4.42 Å². The number of hydrogen-bond donors (Lipinski definition) is 0. The molecule has 0 bridgehead atoms. The minimum atomic E-state index is -2.34. The Morgan fingerprint density at radius 3 is 3.15 bits per heavy atom. The second-order valence-electron chi connectivity index (χ2n) is 4.91. The summed E-state index contributed by atoms with van der Waals surface area (Å²) in [5.74, 6) is 0.627. The van der Waals surface area contributed by atoms with Crippen molar-refractivity contribution in [1.82, 2.24) is 14.5 Å². The van der Waals surface area contributed by atoms with Crippen molar-refractivity contribution >= 4 is 22.2 Å². The topological polar surface area (TPSA) is 47.7 Å². The number of hydrogen-bond acceptors (Lipinski definition) is 3. The van der Waals surface area contributed by atoms with Crippen LogP contribution in [0.25, 0.3) is 33.6 Å². The fourth-order valence-electron chi connectivity index (χ4n) is 3.01. The lowest BCUT2D eigenvalue weighted by Crippen LogP contribution is -2.29. The molecule has 1 aliphatic heterocycles. The lowest BCUT2D eigenvalue weighted by molar-refractivity contribution is -0.640. The summed E-state index contributed by atoms with van der Waals surface area (Å²) >= 11 is 0. The second kappa shape index (κ2) is 3.25. The van der Waals surface area contributed by atoms with Crippen LogP contribution in [0.15, 0.2) is 41.3 Å². The van der Waals surface area contributed by atoms with E-state index in [4.69, 9.17) is 8.53 Å². The highest BCUT2D eigenvalue weighted by Gasteiger charge is 2.35. The molecule has 0 atom stereocenters. The van der Waals surface area contributed by atoms with E-state index in [9.17, 15) is 0 Å². The van der Waals surface area contributed by atoms with Crippen molar-refractivity contribution in [2.24, 2.45) is 6.98 Å². The van der Waals surface area contributed by atoms with Gasteiger partial charge in [-0.05, 0) is 6.07 Å². The molecule has 0 aromatic carbocycles. The summed E-state index contributed by atoms with van der Waals surface area (Å²) in [6.45, 7) is -1.77. The molecular weight excluding hydrogens is 252 g/mol. The zero-order chi connectivity index (χ0) is 15.8. The van der Waals surface area contributed by atoms with E-state index in [0.29, 0.717) is 23.7 Å². The third-order valence-corrected chi connectivity index (χ3v) is 3.86. The molecule has 0 spiro atoms. The summed E-state index contributed by atoms with van der Waals surface area (Å²) in [4.78, 5) is 8.29. The summed E-state index contributed by atoms with van der Waals surface area (Å²) in [7, 11) is 0. The fourth-order valence-corrected chi connectivity index (χ4v) is 3.01. The van der Waals surface area contributed by atoms with Crippen LogP contribution < -0.4 is 4.57 Å². The fraction of sp³-hybridized carbons (Fsp3) is 0.133. The smallest absolute Gasteiger partial charge is 0.339 e. The molecule has 20 heavy (non-hydrogen) atoms. The standard InChI is InChI=1S/C15H11N4O/c1-18-14-10-2-4-16-6-9(10)8-19(14)13-11-7-17-5-3-12(11)20-15(13)18/h2-7H,8H2,1H3/q+1/i1D3. The molecule has 0 aliphatic carbocycles. The highest BCUT2D eigenvalue weighted by atomic mass is 16.3. The first-order valence-corrected chi connectivity index (χ1v) is 6.30. The molecule has 0 N–H and O–H groups in total. The van der Waals surface area contributed by atoms with Gasteiger partial charge in [-0.1, -0.05) is 0 Å². The van der Waals surface area contributed by atoms with Gasteiger partial charge >= 0.3 is 5.71 Å². The Morgan fingerprint density at radius 2 is 2.20 bits per heavy atom. The van der Waals surface area contributed by atoms with Crippen LogP contribution >= 0.6 is 0 Å². The Balaban J connectivity index is 2.01. The van der Waals surface area contributed by atoms with Gasteiger partial charge in [0.25, 0.3) is 5.82 Å². The van der Waals surface area contributed by atoms with E-state index in [-0.39, 0.29) is 0 Å². The number of fused-ring (bicyclic) bond motifs is 7. The van der Waals surface area contributed by atoms with Crippen LogP contribution in [-0.4, -0.2) is 14.5 Å². The highest BCUT2D eigenvalue weighted by Crippen LogP contribution is 2.36. The maximum atomic E-state index is 7.95. The van der Waals surface area contributed by atoms with Gasteiger partial charge in [-0.15, -0.1) is 0 Å². The number of nitrogens with zero attached hydrogens (tertiary/aromatic N) is 4. The minimum absolute atomic E-state index is 0.352. The molecule has 0 saturated carbocycles. The Morgan fingerprint density at radius 1 is 1.30 bits per heavy atom. The number of aromatic nitrogens is 4. The van der Waals surface area contributed by atoms with E-state index in [1.165, 1.54) is 4.57 Å². The molecule has 96 valence electrons. The quantitative estimate of drug-likeness (QED) is 0.403. The van der Waals surface area contributed by atoms with Gasteiger partial charge in [0, 0.05) is 36.4 Å². The third-order valence-electron chi connectivity index (χ3n) is 3.86. The Labute approximate surface area is 118 Å².